The molecule has 1 N–H and O–H groups in total. The first kappa shape index (κ1) is 28.4. The fourth-order valence-electron chi connectivity index (χ4n) is 4.66. The van der Waals surface area contributed by atoms with Crippen molar-refractivity contribution >= 4 is 40.1 Å². The highest BCUT2D eigenvalue weighted by atomic mass is 32.2. The van der Waals surface area contributed by atoms with Crippen molar-refractivity contribution in [3.63, 3.8) is 0 Å². The number of alkyl halides is 3. The van der Waals surface area contributed by atoms with Crippen molar-refractivity contribution in [3.8, 4) is 11.4 Å². The molecule has 1 saturated heterocycles. The topological polar surface area (TPSA) is 102 Å². The van der Waals surface area contributed by atoms with Gasteiger partial charge in [-0.2, -0.15) is 4.99 Å². The van der Waals surface area contributed by atoms with E-state index in [1.807, 2.05) is 30.3 Å². The lowest BCUT2D eigenvalue weighted by molar-refractivity contribution is -0.274. The lowest BCUT2D eigenvalue weighted by Crippen LogP contribution is -2.36. The molecule has 41 heavy (non-hydrogen) atoms. The molecule has 13 heteroatoms. The Morgan fingerprint density at radius 3 is 2.61 bits per heavy atom. The number of halogens is 3. The molecule has 1 aliphatic heterocycles. The van der Waals surface area contributed by atoms with Crippen LogP contribution in [0.2, 0.25) is 0 Å². The van der Waals surface area contributed by atoms with Gasteiger partial charge in [-0.05, 0) is 66.6 Å². The number of allylic oxidation sites excluding steroid dienone is 1. The van der Waals surface area contributed by atoms with E-state index < -0.39 is 12.4 Å². The molecule has 1 aliphatic carbocycles. The van der Waals surface area contributed by atoms with Gasteiger partial charge in [0.1, 0.15) is 12.1 Å². The van der Waals surface area contributed by atoms with Crippen LogP contribution in [-0.2, 0) is 4.79 Å². The Labute approximate surface area is 238 Å². The lowest BCUT2D eigenvalue weighted by Gasteiger charge is -2.23. The fraction of sp³-hybridized carbons (Fsp3) is 0.321. The number of hydrogen-bond acceptors (Lipinski definition) is 6. The normalized spacial score (nSPS) is 18.6. The quantitative estimate of drug-likeness (QED) is 0.377. The fourth-order valence-corrected chi connectivity index (χ4v) is 5.52. The van der Waals surface area contributed by atoms with Gasteiger partial charge >= 0.3 is 12.4 Å². The summed E-state index contributed by atoms with van der Waals surface area (Å²) >= 11 is 1.24. The van der Waals surface area contributed by atoms with E-state index in [-0.39, 0.29) is 29.4 Å². The third-order valence-corrected chi connectivity index (χ3v) is 7.54. The number of ether oxygens (including phenoxy) is 1. The highest BCUT2D eigenvalue weighted by Gasteiger charge is 2.33. The molecule has 5 rings (SSSR count). The SMILES string of the molecule is CC(C)c1ccccc1N1C(=O)CSC1=NC(=O)NC1CC=C(c2ncn(-c3ccc(OC(F)(F)F)cc3)n2)CC1. The van der Waals surface area contributed by atoms with Gasteiger partial charge in [-0.25, -0.2) is 14.5 Å². The largest absolute Gasteiger partial charge is 0.573 e. The molecule has 3 amide bonds. The third kappa shape index (κ3) is 6.79. The number of aliphatic imine (C=N–C) groups is 1. The van der Waals surface area contributed by atoms with Crippen LogP contribution in [0, 0.1) is 0 Å². The van der Waals surface area contributed by atoms with Gasteiger partial charge in [0.15, 0.2) is 11.0 Å². The molecular formula is C28H27F3N6O3S. The number of benzene rings is 2. The second kappa shape index (κ2) is 11.8. The summed E-state index contributed by atoms with van der Waals surface area (Å²) < 4.78 is 42.6. The summed E-state index contributed by atoms with van der Waals surface area (Å²) in [5, 5.41) is 7.75. The predicted octanol–water partition coefficient (Wildman–Crippen LogP) is 6.07. The van der Waals surface area contributed by atoms with E-state index in [1.165, 1.54) is 51.9 Å². The minimum absolute atomic E-state index is 0.114. The summed E-state index contributed by atoms with van der Waals surface area (Å²) in [7, 11) is 0. The number of anilines is 1. The number of para-hydroxylation sites is 1. The Hall–Kier alpha value is -4.13. The standard InChI is InChI=1S/C28H27F3N6O3S/c1-17(2)22-5-3-4-6-23(22)37-24(38)15-41-27(37)34-26(39)33-19-9-7-18(8-10-19)25-32-16-36(35-25)20-11-13-21(14-12-20)40-28(29,30)31/h3-7,11-14,16-17,19H,8-10,15H2,1-2H3,(H,33,39). The highest BCUT2D eigenvalue weighted by molar-refractivity contribution is 8.15. The van der Waals surface area contributed by atoms with Crippen LogP contribution in [0.3, 0.4) is 0 Å². The second-order valence-electron chi connectivity index (χ2n) is 9.83. The highest BCUT2D eigenvalue weighted by Crippen LogP contribution is 2.33. The Bertz CT molecular complexity index is 1500. The molecule has 2 aliphatic rings. The number of carbonyl (C=O) groups is 2. The molecule has 214 valence electrons. The van der Waals surface area contributed by atoms with Gasteiger partial charge in [0.2, 0.25) is 5.91 Å². The second-order valence-corrected chi connectivity index (χ2v) is 10.8. The molecule has 0 radical (unpaired) electrons. The van der Waals surface area contributed by atoms with Gasteiger partial charge in [0.05, 0.1) is 17.1 Å². The van der Waals surface area contributed by atoms with Gasteiger partial charge in [-0.1, -0.05) is 49.9 Å². The first-order chi connectivity index (χ1) is 19.6. The molecule has 0 bridgehead atoms. The summed E-state index contributed by atoms with van der Waals surface area (Å²) in [4.78, 5) is 35.6. The van der Waals surface area contributed by atoms with Crippen LogP contribution in [0.5, 0.6) is 5.75 Å². The van der Waals surface area contributed by atoms with E-state index in [1.54, 1.807) is 0 Å². The molecule has 0 saturated carbocycles. The van der Waals surface area contributed by atoms with Crippen molar-refractivity contribution < 1.29 is 27.5 Å². The summed E-state index contributed by atoms with van der Waals surface area (Å²) in [5.74, 6) is 0.491. The van der Waals surface area contributed by atoms with Crippen molar-refractivity contribution in [1.82, 2.24) is 20.1 Å². The number of urea groups is 1. The van der Waals surface area contributed by atoms with Crippen molar-refractivity contribution in [3.05, 3.63) is 72.3 Å². The number of aromatic nitrogens is 3. The van der Waals surface area contributed by atoms with Gasteiger partial charge in [-0.15, -0.1) is 18.3 Å². The number of thioether (sulfide) groups is 1. The van der Waals surface area contributed by atoms with Crippen molar-refractivity contribution in [2.24, 2.45) is 4.99 Å². The molecule has 1 aromatic heterocycles. The molecule has 2 aromatic carbocycles. The zero-order valence-electron chi connectivity index (χ0n) is 22.3. The number of rotatable bonds is 6. The van der Waals surface area contributed by atoms with E-state index in [0.717, 1.165) is 16.8 Å². The smallest absolute Gasteiger partial charge is 0.406 e. The molecule has 1 unspecified atom stereocenters. The zero-order valence-corrected chi connectivity index (χ0v) is 23.1. The summed E-state index contributed by atoms with van der Waals surface area (Å²) in [6.45, 7) is 4.10. The maximum Gasteiger partial charge on any atom is 0.573 e. The van der Waals surface area contributed by atoms with E-state index in [9.17, 15) is 22.8 Å². The summed E-state index contributed by atoms with van der Waals surface area (Å²) in [6, 6.07) is 12.3. The zero-order chi connectivity index (χ0) is 29.1. The minimum atomic E-state index is -4.76. The van der Waals surface area contributed by atoms with E-state index in [0.29, 0.717) is 35.9 Å². The molecule has 1 atom stereocenters. The Morgan fingerprint density at radius 2 is 1.93 bits per heavy atom. The van der Waals surface area contributed by atoms with Crippen LogP contribution >= 0.6 is 11.8 Å². The minimum Gasteiger partial charge on any atom is -0.406 e. The molecule has 0 spiro atoms. The van der Waals surface area contributed by atoms with Crippen LogP contribution in [-0.4, -0.2) is 50.0 Å². The van der Waals surface area contributed by atoms with Gasteiger partial charge in [-0.3, -0.25) is 9.69 Å². The van der Waals surface area contributed by atoms with E-state index in [4.69, 9.17) is 0 Å². The third-order valence-electron chi connectivity index (χ3n) is 6.61. The van der Waals surface area contributed by atoms with Crippen LogP contribution in [0.4, 0.5) is 23.7 Å². The van der Waals surface area contributed by atoms with E-state index >= 15 is 0 Å². The number of amides is 3. The Kier molecular flexibility index (Phi) is 8.15. The first-order valence-electron chi connectivity index (χ1n) is 13.0. The lowest BCUT2D eigenvalue weighted by atomic mass is 9.95. The average Bonchev–Trinajstić information content (AvgIpc) is 3.56. The van der Waals surface area contributed by atoms with Crippen molar-refractivity contribution in [2.75, 3.05) is 10.7 Å². The number of amidine groups is 1. The molecular weight excluding hydrogens is 557 g/mol. The number of hydrogen-bond donors (Lipinski definition) is 1. The molecule has 2 heterocycles. The number of nitrogens with one attached hydrogen (secondary N) is 1. The summed E-state index contributed by atoms with van der Waals surface area (Å²) in [5.41, 5.74) is 3.19. The number of carbonyl (C=O) groups excluding carboxylic acids is 2. The maximum absolute atomic E-state index is 12.8. The van der Waals surface area contributed by atoms with Gasteiger partial charge in [0.25, 0.3) is 0 Å². The van der Waals surface area contributed by atoms with Crippen LogP contribution in [0.25, 0.3) is 11.3 Å². The molecule has 3 aromatic rings. The Balaban J connectivity index is 1.21. The average molecular weight is 585 g/mol. The van der Waals surface area contributed by atoms with Gasteiger partial charge in [0, 0.05) is 6.04 Å². The Morgan fingerprint density at radius 1 is 1.17 bits per heavy atom. The van der Waals surface area contributed by atoms with Crippen LogP contribution in [0.1, 0.15) is 50.4 Å². The van der Waals surface area contributed by atoms with Crippen molar-refractivity contribution in [2.45, 2.75) is 51.4 Å². The predicted molar refractivity (Wildman–Crippen MR) is 150 cm³/mol. The molecule has 1 fully saturated rings. The van der Waals surface area contributed by atoms with Crippen LogP contribution < -0.4 is 15.0 Å². The monoisotopic (exact) mass is 584 g/mol. The van der Waals surface area contributed by atoms with Crippen molar-refractivity contribution in [1.29, 1.82) is 0 Å². The first-order valence-corrected chi connectivity index (χ1v) is 14.0. The maximum atomic E-state index is 12.8. The molecule has 9 nitrogen and oxygen atoms in total. The number of nitrogens with zero attached hydrogens (tertiary/aromatic N) is 5. The van der Waals surface area contributed by atoms with E-state index in [2.05, 4.69) is 39.0 Å². The summed E-state index contributed by atoms with van der Waals surface area (Å²) in [6.07, 6.45) is 0.506. The van der Waals surface area contributed by atoms with Gasteiger partial charge < -0.3 is 10.1 Å². The van der Waals surface area contributed by atoms with Crippen LogP contribution in [0.15, 0.2) is 65.9 Å².